The second-order valence-corrected chi connectivity index (χ2v) is 8.60. The maximum absolute atomic E-state index is 12.8. The molecule has 1 aromatic carbocycles. The number of rotatable bonds is 3. The number of hydrazone groups is 1. The Labute approximate surface area is 153 Å². The number of carbonyl (C=O) groups is 2. The topological polar surface area (TPSA) is 95.9 Å². The van der Waals surface area contributed by atoms with Crippen LogP contribution in [0.15, 0.2) is 29.4 Å². The Kier molecular flexibility index (Phi) is 4.98. The van der Waals surface area contributed by atoms with Crippen molar-refractivity contribution >= 4 is 33.1 Å². The third-order valence-corrected chi connectivity index (χ3v) is 6.07. The summed E-state index contributed by atoms with van der Waals surface area (Å²) in [6.45, 7) is 0. The minimum atomic E-state index is -4.54. The van der Waals surface area contributed by atoms with Crippen LogP contribution in [0.5, 0.6) is 0 Å². The Bertz CT molecular complexity index is 912. The number of hydrogen-bond donors (Lipinski definition) is 1. The van der Waals surface area contributed by atoms with Gasteiger partial charge >= 0.3 is 6.18 Å². The molecule has 27 heavy (non-hydrogen) atoms. The molecular formula is C16H16F3N3O4S. The van der Waals surface area contributed by atoms with Crippen molar-refractivity contribution in [1.82, 2.24) is 5.01 Å². The molecule has 7 nitrogen and oxygen atoms in total. The van der Waals surface area contributed by atoms with E-state index in [4.69, 9.17) is 0 Å². The van der Waals surface area contributed by atoms with Gasteiger partial charge in [0.15, 0.2) is 9.84 Å². The molecule has 1 aromatic rings. The Morgan fingerprint density at radius 2 is 2.00 bits per heavy atom. The molecule has 0 radical (unpaired) electrons. The van der Waals surface area contributed by atoms with Gasteiger partial charge in [-0.2, -0.15) is 18.3 Å². The summed E-state index contributed by atoms with van der Waals surface area (Å²) in [6.07, 6.45) is -4.30. The molecule has 2 aliphatic heterocycles. The van der Waals surface area contributed by atoms with Gasteiger partial charge in [0.05, 0.1) is 23.1 Å². The number of alkyl halides is 3. The second-order valence-electron chi connectivity index (χ2n) is 6.37. The standard InChI is InChI=1S/C16H16F3N3O4S/c17-16(18,19)10-2-1-3-11(8-10)20-15(24)13-4-5-14(23)22(21-13)12-6-7-27(25,26)9-12/h1-3,8,12H,4-7,9H2,(H,20,24)/t12-/m0/s1. The fraction of sp³-hybridized carbons (Fsp3) is 0.438. The first-order chi connectivity index (χ1) is 12.5. The van der Waals surface area contributed by atoms with E-state index >= 15 is 0 Å². The lowest BCUT2D eigenvalue weighted by Gasteiger charge is -2.27. The minimum Gasteiger partial charge on any atom is -0.321 e. The molecule has 1 fully saturated rings. The highest BCUT2D eigenvalue weighted by Crippen LogP contribution is 2.30. The fourth-order valence-corrected chi connectivity index (χ4v) is 4.66. The first-order valence-electron chi connectivity index (χ1n) is 8.14. The Morgan fingerprint density at radius 3 is 2.63 bits per heavy atom. The molecule has 0 aromatic heterocycles. The molecule has 2 amide bonds. The summed E-state index contributed by atoms with van der Waals surface area (Å²) in [5.41, 5.74) is -0.987. The van der Waals surface area contributed by atoms with Crippen LogP contribution in [0.2, 0.25) is 0 Å². The molecule has 3 rings (SSSR count). The van der Waals surface area contributed by atoms with Crippen LogP contribution in [0.25, 0.3) is 0 Å². The molecule has 0 unspecified atom stereocenters. The molecular weight excluding hydrogens is 387 g/mol. The normalized spacial score (nSPS) is 22.5. The maximum atomic E-state index is 12.8. The van der Waals surface area contributed by atoms with Crippen LogP contribution < -0.4 is 5.32 Å². The summed E-state index contributed by atoms with van der Waals surface area (Å²) in [4.78, 5) is 24.4. The fourth-order valence-electron chi connectivity index (χ4n) is 2.96. The van der Waals surface area contributed by atoms with Crippen molar-refractivity contribution < 1.29 is 31.2 Å². The number of benzene rings is 1. The van der Waals surface area contributed by atoms with E-state index in [9.17, 15) is 31.2 Å². The van der Waals surface area contributed by atoms with E-state index in [0.29, 0.717) is 0 Å². The van der Waals surface area contributed by atoms with E-state index in [1.54, 1.807) is 0 Å². The summed E-state index contributed by atoms with van der Waals surface area (Å²) >= 11 is 0. The van der Waals surface area contributed by atoms with Crippen molar-refractivity contribution in [3.8, 4) is 0 Å². The number of sulfone groups is 1. The monoisotopic (exact) mass is 403 g/mol. The lowest BCUT2D eigenvalue weighted by molar-refractivity contribution is -0.137. The van der Waals surface area contributed by atoms with Crippen molar-refractivity contribution in [1.29, 1.82) is 0 Å². The van der Waals surface area contributed by atoms with Gasteiger partial charge in [0.1, 0.15) is 5.71 Å². The van der Waals surface area contributed by atoms with E-state index in [1.807, 2.05) is 0 Å². The molecule has 1 N–H and O–H groups in total. The van der Waals surface area contributed by atoms with Crippen molar-refractivity contribution in [3.63, 3.8) is 0 Å². The highest BCUT2D eigenvalue weighted by Gasteiger charge is 2.37. The van der Waals surface area contributed by atoms with Crippen LogP contribution in [0.4, 0.5) is 18.9 Å². The average molecular weight is 403 g/mol. The average Bonchev–Trinajstić information content (AvgIpc) is 2.94. The van der Waals surface area contributed by atoms with Gasteiger partial charge in [0.2, 0.25) is 5.91 Å². The maximum Gasteiger partial charge on any atom is 0.416 e. The summed E-state index contributed by atoms with van der Waals surface area (Å²) in [5.74, 6) is -1.38. The van der Waals surface area contributed by atoms with Crippen LogP contribution in [-0.4, -0.2) is 48.5 Å². The molecule has 2 aliphatic rings. The van der Waals surface area contributed by atoms with Gasteiger partial charge in [0, 0.05) is 18.5 Å². The summed E-state index contributed by atoms with van der Waals surface area (Å²) in [5, 5.41) is 7.34. The van der Waals surface area contributed by atoms with E-state index in [0.717, 1.165) is 17.1 Å². The van der Waals surface area contributed by atoms with E-state index in [2.05, 4.69) is 10.4 Å². The molecule has 1 atom stereocenters. The van der Waals surface area contributed by atoms with Crippen molar-refractivity contribution in [2.24, 2.45) is 5.10 Å². The molecule has 2 heterocycles. The molecule has 0 spiro atoms. The van der Waals surface area contributed by atoms with Crippen LogP contribution in [0, 0.1) is 0 Å². The van der Waals surface area contributed by atoms with E-state index in [1.165, 1.54) is 12.1 Å². The van der Waals surface area contributed by atoms with Gasteiger partial charge in [0.25, 0.3) is 5.91 Å². The third-order valence-electron chi connectivity index (χ3n) is 4.32. The van der Waals surface area contributed by atoms with Crippen molar-refractivity contribution in [2.45, 2.75) is 31.5 Å². The lowest BCUT2D eigenvalue weighted by Crippen LogP contribution is -2.42. The number of nitrogens with zero attached hydrogens (tertiary/aromatic N) is 2. The largest absolute Gasteiger partial charge is 0.416 e. The molecule has 1 saturated heterocycles. The lowest BCUT2D eigenvalue weighted by atomic mass is 10.1. The van der Waals surface area contributed by atoms with Crippen molar-refractivity contribution in [2.75, 3.05) is 16.8 Å². The van der Waals surface area contributed by atoms with Crippen LogP contribution in [0.3, 0.4) is 0 Å². The zero-order valence-electron chi connectivity index (χ0n) is 14.0. The number of halogens is 3. The predicted octanol–water partition coefficient (Wildman–Crippen LogP) is 1.81. The second kappa shape index (κ2) is 6.95. The van der Waals surface area contributed by atoms with Gasteiger partial charge in [-0.3, -0.25) is 9.59 Å². The number of amides is 2. The molecule has 146 valence electrons. The SMILES string of the molecule is O=C(Nc1cccc(C(F)(F)F)c1)C1=NN([C@H]2CCS(=O)(=O)C2)C(=O)CC1. The van der Waals surface area contributed by atoms with Gasteiger partial charge in [-0.05, 0) is 24.6 Å². The van der Waals surface area contributed by atoms with Crippen LogP contribution in [0.1, 0.15) is 24.8 Å². The minimum absolute atomic E-state index is 0.0224. The van der Waals surface area contributed by atoms with Gasteiger partial charge in [-0.15, -0.1) is 0 Å². The van der Waals surface area contributed by atoms with Crippen molar-refractivity contribution in [3.05, 3.63) is 29.8 Å². The number of carbonyl (C=O) groups excluding carboxylic acids is 2. The number of nitrogens with one attached hydrogen (secondary N) is 1. The highest BCUT2D eigenvalue weighted by molar-refractivity contribution is 7.91. The molecule has 0 saturated carbocycles. The quantitative estimate of drug-likeness (QED) is 0.833. The number of hydrogen-bond acceptors (Lipinski definition) is 5. The van der Waals surface area contributed by atoms with E-state index in [-0.39, 0.29) is 48.1 Å². The zero-order chi connectivity index (χ0) is 19.8. The Hall–Kier alpha value is -2.43. The first-order valence-corrected chi connectivity index (χ1v) is 9.96. The Balaban J connectivity index is 1.76. The summed E-state index contributed by atoms with van der Waals surface area (Å²) in [6, 6.07) is 3.53. The zero-order valence-corrected chi connectivity index (χ0v) is 14.8. The smallest absolute Gasteiger partial charge is 0.321 e. The molecule has 0 aliphatic carbocycles. The molecule has 11 heteroatoms. The third kappa shape index (κ3) is 4.46. The number of anilines is 1. The summed E-state index contributed by atoms with van der Waals surface area (Å²) in [7, 11) is -3.24. The first kappa shape index (κ1) is 19.3. The highest BCUT2D eigenvalue weighted by atomic mass is 32.2. The van der Waals surface area contributed by atoms with Crippen LogP contribution in [-0.2, 0) is 25.6 Å². The molecule has 0 bridgehead atoms. The summed E-state index contributed by atoms with van der Waals surface area (Å²) < 4.78 is 61.5. The van der Waals surface area contributed by atoms with E-state index < -0.39 is 33.5 Å². The van der Waals surface area contributed by atoms with Gasteiger partial charge in [-0.25, -0.2) is 13.4 Å². The van der Waals surface area contributed by atoms with Gasteiger partial charge < -0.3 is 5.32 Å². The predicted molar refractivity (Wildman–Crippen MR) is 90.6 cm³/mol. The van der Waals surface area contributed by atoms with Gasteiger partial charge in [-0.1, -0.05) is 6.07 Å². The van der Waals surface area contributed by atoms with Crippen LogP contribution >= 0.6 is 0 Å². The Morgan fingerprint density at radius 1 is 1.26 bits per heavy atom.